The molecule has 2 aliphatic rings. The smallest absolute Gasteiger partial charge is 0.400 e. The molecule has 40 heavy (non-hydrogen) atoms. The standard InChI is InChI=1S/C32H39F5O3/c1-2-3-4-5-6-7-8-9-22-20-38-31(39-21-22)25-12-10-23(11-13-25)24-14-16-26(17-15-24)32(36,37)40-27-18-28(33)30(35)29(34)19-27/h2-3,10-13,18-19,22,24,26,31H,4-9,14-17,20-21H2,1H3/b3-2+. The summed E-state index contributed by atoms with van der Waals surface area (Å²) in [7, 11) is 0. The Morgan fingerprint density at radius 1 is 0.850 bits per heavy atom. The minimum absolute atomic E-state index is 0.123. The van der Waals surface area contributed by atoms with E-state index < -0.39 is 35.2 Å². The summed E-state index contributed by atoms with van der Waals surface area (Å²) < 4.78 is 86.0. The van der Waals surface area contributed by atoms with Gasteiger partial charge in [0.15, 0.2) is 23.7 Å². The zero-order chi connectivity index (χ0) is 28.5. The zero-order valence-corrected chi connectivity index (χ0v) is 23.0. The van der Waals surface area contributed by atoms with Crippen molar-refractivity contribution in [2.75, 3.05) is 13.2 Å². The molecular formula is C32H39F5O3. The van der Waals surface area contributed by atoms with E-state index in [0.29, 0.717) is 44.1 Å². The van der Waals surface area contributed by atoms with Crippen molar-refractivity contribution < 1.29 is 36.2 Å². The number of benzene rings is 2. The average Bonchev–Trinajstić information content (AvgIpc) is 2.96. The van der Waals surface area contributed by atoms with Crippen LogP contribution in [0.25, 0.3) is 0 Å². The predicted octanol–water partition coefficient (Wildman–Crippen LogP) is 9.63. The molecule has 2 aromatic carbocycles. The van der Waals surface area contributed by atoms with Gasteiger partial charge in [0.1, 0.15) is 5.75 Å². The number of alkyl halides is 2. The number of rotatable bonds is 12. The molecule has 1 aliphatic carbocycles. The van der Waals surface area contributed by atoms with E-state index in [9.17, 15) is 22.0 Å². The molecule has 2 fully saturated rings. The van der Waals surface area contributed by atoms with Crippen molar-refractivity contribution in [2.45, 2.75) is 89.4 Å². The highest BCUT2D eigenvalue weighted by Gasteiger charge is 2.44. The van der Waals surface area contributed by atoms with Crippen LogP contribution in [0.4, 0.5) is 22.0 Å². The number of ether oxygens (including phenoxy) is 3. The third-order valence-corrected chi connectivity index (χ3v) is 8.03. The average molecular weight is 567 g/mol. The molecule has 0 bridgehead atoms. The lowest BCUT2D eigenvalue weighted by molar-refractivity contribution is -0.222. The SMILES string of the molecule is C/C=C/CCCCCCC1COC(c2ccc(C3CCC(C(F)(F)Oc4cc(F)c(F)c(F)c4)CC3)cc2)OC1. The molecule has 0 spiro atoms. The van der Waals surface area contributed by atoms with Gasteiger partial charge in [-0.15, -0.1) is 0 Å². The Morgan fingerprint density at radius 3 is 2.08 bits per heavy atom. The Morgan fingerprint density at radius 2 is 1.45 bits per heavy atom. The Bertz CT molecular complexity index is 1070. The van der Waals surface area contributed by atoms with Gasteiger partial charge in [-0.25, -0.2) is 13.2 Å². The molecule has 4 rings (SSSR count). The molecule has 0 aromatic heterocycles. The summed E-state index contributed by atoms with van der Waals surface area (Å²) in [5.74, 6) is -6.14. The summed E-state index contributed by atoms with van der Waals surface area (Å²) in [4.78, 5) is 0. The molecule has 2 aromatic rings. The summed E-state index contributed by atoms with van der Waals surface area (Å²) in [5, 5.41) is 0. The second kappa shape index (κ2) is 14.4. The Balaban J connectivity index is 1.19. The second-order valence-corrected chi connectivity index (χ2v) is 11.0. The van der Waals surface area contributed by atoms with Crippen molar-refractivity contribution in [1.82, 2.24) is 0 Å². The fourth-order valence-electron chi connectivity index (χ4n) is 5.64. The van der Waals surface area contributed by atoms with Crippen molar-refractivity contribution in [1.29, 1.82) is 0 Å². The number of allylic oxidation sites excluding steroid dienone is 2. The minimum Gasteiger partial charge on any atom is -0.432 e. The third kappa shape index (κ3) is 8.29. The van der Waals surface area contributed by atoms with Gasteiger partial charge in [0.05, 0.1) is 19.1 Å². The van der Waals surface area contributed by atoms with Crippen LogP contribution in [-0.2, 0) is 9.47 Å². The molecule has 1 aliphatic heterocycles. The highest BCUT2D eigenvalue weighted by atomic mass is 19.3. The van der Waals surface area contributed by atoms with E-state index in [1.54, 1.807) is 0 Å². The van der Waals surface area contributed by atoms with Crippen LogP contribution in [-0.4, -0.2) is 19.3 Å². The summed E-state index contributed by atoms with van der Waals surface area (Å²) in [6.45, 7) is 3.42. The van der Waals surface area contributed by atoms with Gasteiger partial charge in [0.25, 0.3) is 0 Å². The molecule has 0 N–H and O–H groups in total. The van der Waals surface area contributed by atoms with Crippen LogP contribution in [0.5, 0.6) is 5.75 Å². The quantitative estimate of drug-likeness (QED) is 0.111. The highest BCUT2D eigenvalue weighted by Crippen LogP contribution is 2.43. The molecule has 8 heteroatoms. The summed E-state index contributed by atoms with van der Waals surface area (Å²) in [6.07, 6.45) is 8.94. The van der Waals surface area contributed by atoms with E-state index in [4.69, 9.17) is 9.47 Å². The summed E-state index contributed by atoms with van der Waals surface area (Å²) in [5.41, 5.74) is 2.01. The fourth-order valence-corrected chi connectivity index (χ4v) is 5.64. The summed E-state index contributed by atoms with van der Waals surface area (Å²) in [6, 6.07) is 8.85. The van der Waals surface area contributed by atoms with E-state index in [1.165, 1.54) is 25.7 Å². The molecule has 0 radical (unpaired) electrons. The lowest BCUT2D eigenvalue weighted by Gasteiger charge is -2.33. The van der Waals surface area contributed by atoms with Crippen LogP contribution in [0.15, 0.2) is 48.6 Å². The molecular weight excluding hydrogens is 527 g/mol. The van der Waals surface area contributed by atoms with Gasteiger partial charge in [0.2, 0.25) is 0 Å². The molecule has 0 atom stereocenters. The maximum atomic E-state index is 14.7. The number of hydrogen-bond donors (Lipinski definition) is 0. The van der Waals surface area contributed by atoms with E-state index in [-0.39, 0.29) is 25.0 Å². The molecule has 0 unspecified atom stereocenters. The lowest BCUT2D eigenvalue weighted by atomic mass is 9.78. The molecule has 1 heterocycles. The largest absolute Gasteiger partial charge is 0.432 e. The maximum absolute atomic E-state index is 14.7. The van der Waals surface area contributed by atoms with Gasteiger partial charge in [-0.1, -0.05) is 55.7 Å². The first-order valence-corrected chi connectivity index (χ1v) is 14.4. The zero-order valence-electron chi connectivity index (χ0n) is 23.0. The first-order chi connectivity index (χ1) is 19.3. The highest BCUT2D eigenvalue weighted by molar-refractivity contribution is 5.27. The number of unbranched alkanes of at least 4 members (excludes halogenated alkanes) is 4. The summed E-state index contributed by atoms with van der Waals surface area (Å²) >= 11 is 0. The molecule has 1 saturated carbocycles. The topological polar surface area (TPSA) is 27.7 Å². The molecule has 220 valence electrons. The predicted molar refractivity (Wildman–Crippen MR) is 144 cm³/mol. The van der Waals surface area contributed by atoms with Gasteiger partial charge in [-0.2, -0.15) is 8.78 Å². The maximum Gasteiger partial charge on any atom is 0.400 e. The van der Waals surface area contributed by atoms with Crippen molar-refractivity contribution >= 4 is 0 Å². The van der Waals surface area contributed by atoms with E-state index >= 15 is 0 Å². The molecule has 0 amide bonds. The Labute approximate surface area is 233 Å². The van der Waals surface area contributed by atoms with Crippen molar-refractivity contribution in [2.24, 2.45) is 11.8 Å². The van der Waals surface area contributed by atoms with Crippen LogP contribution >= 0.6 is 0 Å². The van der Waals surface area contributed by atoms with E-state index in [2.05, 4.69) is 23.8 Å². The van der Waals surface area contributed by atoms with Crippen molar-refractivity contribution in [3.8, 4) is 5.75 Å². The fraction of sp³-hybridized carbons (Fsp3) is 0.562. The van der Waals surface area contributed by atoms with Gasteiger partial charge in [-0.05, 0) is 63.4 Å². The van der Waals surface area contributed by atoms with Crippen LogP contribution in [0.3, 0.4) is 0 Å². The van der Waals surface area contributed by atoms with Crippen LogP contribution in [0.2, 0.25) is 0 Å². The van der Waals surface area contributed by atoms with Crippen molar-refractivity contribution in [3.05, 3.63) is 77.1 Å². The van der Waals surface area contributed by atoms with Crippen LogP contribution in [0, 0.1) is 29.3 Å². The minimum atomic E-state index is -3.62. The second-order valence-electron chi connectivity index (χ2n) is 11.0. The van der Waals surface area contributed by atoms with Crippen LogP contribution in [0.1, 0.15) is 94.5 Å². The normalized spacial score (nSPS) is 23.9. The first kappa shape index (κ1) is 30.5. The van der Waals surface area contributed by atoms with Gasteiger partial charge >= 0.3 is 6.11 Å². The lowest BCUT2D eigenvalue weighted by Crippen LogP contribution is -2.37. The first-order valence-electron chi connectivity index (χ1n) is 14.4. The van der Waals surface area contributed by atoms with Gasteiger partial charge in [-0.3, -0.25) is 0 Å². The third-order valence-electron chi connectivity index (χ3n) is 8.03. The monoisotopic (exact) mass is 566 g/mol. The Kier molecular flexibility index (Phi) is 11.0. The Hall–Kier alpha value is -2.45. The van der Waals surface area contributed by atoms with Crippen LogP contribution < -0.4 is 4.74 Å². The van der Waals surface area contributed by atoms with Gasteiger partial charge < -0.3 is 14.2 Å². The molecule has 3 nitrogen and oxygen atoms in total. The van der Waals surface area contributed by atoms with E-state index in [1.807, 2.05) is 24.3 Å². The van der Waals surface area contributed by atoms with Gasteiger partial charge in [0, 0.05) is 23.6 Å². The van der Waals surface area contributed by atoms with Crippen molar-refractivity contribution in [3.63, 3.8) is 0 Å². The molecule has 1 saturated heterocycles. The number of hydrogen-bond acceptors (Lipinski definition) is 3. The van der Waals surface area contributed by atoms with E-state index in [0.717, 1.165) is 24.0 Å². The number of halogens is 5.